The van der Waals surface area contributed by atoms with Crippen LogP contribution in [-0.4, -0.2) is 47.4 Å². The second-order valence-electron chi connectivity index (χ2n) is 5.71. The van der Waals surface area contributed by atoms with Crippen LogP contribution in [0.1, 0.15) is 40.5 Å². The number of carbonyl (C=O) groups excluding carboxylic acids is 3. The molecule has 1 aliphatic rings. The Morgan fingerprint density at radius 3 is 2.47 bits per heavy atom. The van der Waals surface area contributed by atoms with Crippen LogP contribution in [0, 0.1) is 0 Å². The fourth-order valence-corrected chi connectivity index (χ4v) is 2.05. The van der Waals surface area contributed by atoms with Crippen LogP contribution in [0.25, 0.3) is 0 Å². The van der Waals surface area contributed by atoms with Crippen molar-refractivity contribution in [3.8, 4) is 0 Å². The monoisotopic (exact) mass is 270 g/mol. The summed E-state index contributed by atoms with van der Waals surface area (Å²) in [6.45, 7) is 7.16. The van der Waals surface area contributed by atoms with Crippen LogP contribution >= 0.6 is 0 Å². The standard InChI is InChI=1S/C13H22N2O4/c1-9(16)10-6-5-7-15(10)11(17)8-14-12(18)19-13(2,3)4/h10H,5-8H2,1-4H3,(H,14,18)/t10-/m0/s1. The summed E-state index contributed by atoms with van der Waals surface area (Å²) in [5, 5.41) is 2.41. The molecule has 108 valence electrons. The van der Waals surface area contributed by atoms with Gasteiger partial charge >= 0.3 is 6.09 Å². The maximum atomic E-state index is 11.9. The number of Topliss-reactive ketones (excluding diaryl/α,β-unsaturated/α-hetero) is 1. The molecule has 6 nitrogen and oxygen atoms in total. The highest BCUT2D eigenvalue weighted by molar-refractivity contribution is 5.89. The molecule has 1 fully saturated rings. The van der Waals surface area contributed by atoms with E-state index in [1.165, 1.54) is 11.8 Å². The minimum atomic E-state index is -0.626. The first-order valence-corrected chi connectivity index (χ1v) is 6.47. The van der Waals surface area contributed by atoms with Gasteiger partial charge in [-0.1, -0.05) is 0 Å². The van der Waals surface area contributed by atoms with E-state index in [0.717, 1.165) is 6.42 Å². The molecule has 0 saturated carbocycles. The number of carbonyl (C=O) groups is 3. The summed E-state index contributed by atoms with van der Waals surface area (Å²) in [7, 11) is 0. The van der Waals surface area contributed by atoms with E-state index in [2.05, 4.69) is 5.32 Å². The largest absolute Gasteiger partial charge is 0.444 e. The van der Waals surface area contributed by atoms with Gasteiger partial charge in [0.05, 0.1) is 6.04 Å². The molecule has 1 heterocycles. The zero-order chi connectivity index (χ0) is 14.6. The van der Waals surface area contributed by atoms with Gasteiger partial charge in [-0.15, -0.1) is 0 Å². The minimum Gasteiger partial charge on any atom is -0.444 e. The molecular weight excluding hydrogens is 248 g/mol. The van der Waals surface area contributed by atoms with E-state index >= 15 is 0 Å². The average molecular weight is 270 g/mol. The SMILES string of the molecule is CC(=O)[C@@H]1CCCN1C(=O)CNC(=O)OC(C)(C)C. The predicted octanol–water partition coefficient (Wildman–Crippen LogP) is 1.09. The molecule has 1 N–H and O–H groups in total. The summed E-state index contributed by atoms with van der Waals surface area (Å²) in [6.07, 6.45) is 0.898. The Labute approximate surface area is 113 Å². The summed E-state index contributed by atoms with van der Waals surface area (Å²) in [4.78, 5) is 36.3. The molecule has 1 aliphatic heterocycles. The van der Waals surface area contributed by atoms with Crippen LogP contribution in [0.2, 0.25) is 0 Å². The lowest BCUT2D eigenvalue weighted by atomic mass is 10.1. The quantitative estimate of drug-likeness (QED) is 0.833. The van der Waals surface area contributed by atoms with Gasteiger partial charge < -0.3 is 15.0 Å². The number of likely N-dealkylation sites (tertiary alicyclic amines) is 1. The third kappa shape index (κ3) is 4.89. The topological polar surface area (TPSA) is 75.7 Å². The van der Waals surface area contributed by atoms with Crippen LogP contribution in [0.15, 0.2) is 0 Å². The molecule has 0 aromatic heterocycles. The smallest absolute Gasteiger partial charge is 0.408 e. The van der Waals surface area contributed by atoms with E-state index in [1.807, 2.05) is 0 Å². The van der Waals surface area contributed by atoms with Gasteiger partial charge in [0.15, 0.2) is 5.78 Å². The lowest BCUT2D eigenvalue weighted by Gasteiger charge is -2.23. The molecule has 0 aromatic rings. The predicted molar refractivity (Wildman–Crippen MR) is 69.7 cm³/mol. The third-order valence-electron chi connectivity index (χ3n) is 2.83. The number of hydrogen-bond donors (Lipinski definition) is 1. The number of ether oxygens (including phenoxy) is 1. The van der Waals surface area contributed by atoms with Gasteiger partial charge in [-0.25, -0.2) is 4.79 Å². The Hall–Kier alpha value is -1.59. The molecule has 6 heteroatoms. The van der Waals surface area contributed by atoms with Gasteiger partial charge in [0.2, 0.25) is 5.91 Å². The van der Waals surface area contributed by atoms with E-state index in [4.69, 9.17) is 4.74 Å². The summed E-state index contributed by atoms with van der Waals surface area (Å²) in [6, 6.07) is -0.340. The number of hydrogen-bond acceptors (Lipinski definition) is 4. The van der Waals surface area contributed by atoms with Crippen LogP contribution < -0.4 is 5.32 Å². The van der Waals surface area contributed by atoms with Crippen LogP contribution in [0.3, 0.4) is 0 Å². The second-order valence-corrected chi connectivity index (χ2v) is 5.71. The van der Waals surface area contributed by atoms with Gasteiger partial charge in [-0.2, -0.15) is 0 Å². The third-order valence-corrected chi connectivity index (χ3v) is 2.83. The van der Waals surface area contributed by atoms with Crippen molar-refractivity contribution in [1.82, 2.24) is 10.2 Å². The van der Waals surface area contributed by atoms with Crippen molar-refractivity contribution in [2.24, 2.45) is 0 Å². The maximum absolute atomic E-state index is 11.9. The van der Waals surface area contributed by atoms with Crippen molar-refractivity contribution in [1.29, 1.82) is 0 Å². The highest BCUT2D eigenvalue weighted by Crippen LogP contribution is 2.17. The fraction of sp³-hybridized carbons (Fsp3) is 0.769. The van der Waals surface area contributed by atoms with Crippen LogP contribution in [-0.2, 0) is 14.3 Å². The highest BCUT2D eigenvalue weighted by atomic mass is 16.6. The molecule has 0 aromatic carbocycles. The van der Waals surface area contributed by atoms with Gasteiger partial charge in [0, 0.05) is 6.54 Å². The molecule has 0 aliphatic carbocycles. The molecule has 2 amide bonds. The molecular formula is C13H22N2O4. The van der Waals surface area contributed by atoms with E-state index in [1.54, 1.807) is 20.8 Å². The number of nitrogens with zero attached hydrogens (tertiary/aromatic N) is 1. The van der Waals surface area contributed by atoms with Crippen molar-refractivity contribution in [2.45, 2.75) is 52.2 Å². The zero-order valence-electron chi connectivity index (χ0n) is 12.0. The van der Waals surface area contributed by atoms with Crippen LogP contribution in [0.5, 0.6) is 0 Å². The summed E-state index contributed by atoms with van der Waals surface area (Å²) < 4.78 is 5.04. The van der Waals surface area contributed by atoms with Crippen molar-refractivity contribution in [3.63, 3.8) is 0 Å². The highest BCUT2D eigenvalue weighted by Gasteiger charge is 2.31. The molecule has 1 saturated heterocycles. The molecule has 0 unspecified atom stereocenters. The number of rotatable bonds is 3. The first-order valence-electron chi connectivity index (χ1n) is 6.47. The molecule has 0 bridgehead atoms. The van der Waals surface area contributed by atoms with E-state index < -0.39 is 11.7 Å². The van der Waals surface area contributed by atoms with Gasteiger partial charge in [0.1, 0.15) is 12.1 Å². The molecule has 0 spiro atoms. The summed E-state index contributed by atoms with van der Waals surface area (Å²) in [5.74, 6) is -0.258. The first kappa shape index (κ1) is 15.5. The Morgan fingerprint density at radius 2 is 1.95 bits per heavy atom. The lowest BCUT2D eigenvalue weighted by Crippen LogP contribution is -2.45. The average Bonchev–Trinajstić information content (AvgIpc) is 2.72. The van der Waals surface area contributed by atoms with E-state index in [-0.39, 0.29) is 24.3 Å². The zero-order valence-corrected chi connectivity index (χ0v) is 12.0. The Morgan fingerprint density at radius 1 is 1.32 bits per heavy atom. The van der Waals surface area contributed by atoms with Crippen molar-refractivity contribution >= 4 is 17.8 Å². The molecule has 0 radical (unpaired) electrons. The van der Waals surface area contributed by atoms with Gasteiger partial charge in [-0.3, -0.25) is 9.59 Å². The first-order chi connectivity index (χ1) is 8.70. The van der Waals surface area contributed by atoms with E-state index in [0.29, 0.717) is 13.0 Å². The minimum absolute atomic E-state index is 0.0110. The number of amides is 2. The Kier molecular flexibility index (Phi) is 4.91. The fourth-order valence-electron chi connectivity index (χ4n) is 2.05. The van der Waals surface area contributed by atoms with Crippen molar-refractivity contribution in [2.75, 3.05) is 13.1 Å². The van der Waals surface area contributed by atoms with Crippen molar-refractivity contribution < 1.29 is 19.1 Å². The lowest BCUT2D eigenvalue weighted by molar-refractivity contribution is -0.136. The van der Waals surface area contributed by atoms with Crippen LogP contribution in [0.4, 0.5) is 4.79 Å². The maximum Gasteiger partial charge on any atom is 0.408 e. The molecule has 19 heavy (non-hydrogen) atoms. The molecule has 1 atom stereocenters. The van der Waals surface area contributed by atoms with E-state index in [9.17, 15) is 14.4 Å². The number of alkyl carbamates (subject to hydrolysis) is 1. The second kappa shape index (κ2) is 6.04. The Bertz CT molecular complexity index is 373. The Balaban J connectivity index is 2.43. The number of nitrogens with one attached hydrogen (secondary N) is 1. The summed E-state index contributed by atoms with van der Waals surface area (Å²) >= 11 is 0. The summed E-state index contributed by atoms with van der Waals surface area (Å²) in [5.41, 5.74) is -0.595. The normalized spacial score (nSPS) is 19.2. The molecule has 1 rings (SSSR count). The van der Waals surface area contributed by atoms with Gasteiger partial charge in [0.25, 0.3) is 0 Å². The van der Waals surface area contributed by atoms with Crippen molar-refractivity contribution in [3.05, 3.63) is 0 Å². The van der Waals surface area contributed by atoms with Gasteiger partial charge in [-0.05, 0) is 40.5 Å². The number of ketones is 1.